The molecular weight excluding hydrogens is 215 g/mol. The van der Waals surface area contributed by atoms with E-state index >= 15 is 0 Å². The van der Waals surface area contributed by atoms with Gasteiger partial charge >= 0.3 is 0 Å². The number of hydrogen-bond donors (Lipinski definition) is 1. The van der Waals surface area contributed by atoms with Crippen molar-refractivity contribution in [3.05, 3.63) is 35.1 Å². The summed E-state index contributed by atoms with van der Waals surface area (Å²) in [5.41, 5.74) is 0.198. The van der Waals surface area contributed by atoms with Crippen LogP contribution in [0.2, 0.25) is 0 Å². The van der Waals surface area contributed by atoms with E-state index in [1.165, 1.54) is 0 Å². The summed E-state index contributed by atoms with van der Waals surface area (Å²) in [4.78, 5) is 0. The Labute approximate surface area is 92.7 Å². The van der Waals surface area contributed by atoms with Gasteiger partial charge in [0.15, 0.2) is 11.6 Å². The van der Waals surface area contributed by atoms with E-state index in [0.29, 0.717) is 6.07 Å². The van der Waals surface area contributed by atoms with E-state index in [1.807, 2.05) is 6.92 Å². The molecule has 4 heteroatoms. The van der Waals surface area contributed by atoms with Crippen LogP contribution in [0.5, 0.6) is 0 Å². The largest absolute Gasteiger partial charge is 0.307 e. The Bertz CT molecular complexity index is 399. The van der Waals surface area contributed by atoms with Gasteiger partial charge in [-0.15, -0.1) is 0 Å². The molecule has 88 valence electrons. The number of nitrogens with one attached hydrogen (secondary N) is 1. The second-order valence-corrected chi connectivity index (χ2v) is 4.63. The van der Waals surface area contributed by atoms with Crippen molar-refractivity contribution in [3.63, 3.8) is 0 Å². The normalized spacial score (nSPS) is 18.2. The van der Waals surface area contributed by atoms with Crippen molar-refractivity contribution < 1.29 is 13.2 Å². The summed E-state index contributed by atoms with van der Waals surface area (Å²) in [6, 6.07) is 1.51. The molecule has 1 nitrogen and oxygen atoms in total. The molecule has 0 bridgehead atoms. The smallest absolute Gasteiger partial charge is 0.161 e. The van der Waals surface area contributed by atoms with Crippen LogP contribution >= 0.6 is 0 Å². The van der Waals surface area contributed by atoms with Crippen molar-refractivity contribution in [2.45, 2.75) is 38.3 Å². The minimum absolute atomic E-state index is 0.0251. The molecule has 0 heterocycles. The van der Waals surface area contributed by atoms with E-state index in [-0.39, 0.29) is 17.6 Å². The molecule has 1 aliphatic carbocycles. The van der Waals surface area contributed by atoms with Gasteiger partial charge in [0.2, 0.25) is 0 Å². The van der Waals surface area contributed by atoms with Crippen LogP contribution < -0.4 is 5.32 Å². The van der Waals surface area contributed by atoms with Crippen LogP contribution in [0.15, 0.2) is 12.1 Å². The zero-order chi connectivity index (χ0) is 11.8. The number of hydrogen-bond acceptors (Lipinski definition) is 1. The summed E-state index contributed by atoms with van der Waals surface area (Å²) in [7, 11) is 0. The van der Waals surface area contributed by atoms with Crippen LogP contribution in [0.25, 0.3) is 0 Å². The molecule has 0 unspecified atom stereocenters. The van der Waals surface area contributed by atoms with Crippen molar-refractivity contribution >= 4 is 0 Å². The maximum absolute atomic E-state index is 13.3. The maximum atomic E-state index is 13.3. The van der Waals surface area contributed by atoms with Crippen molar-refractivity contribution in [1.29, 1.82) is 0 Å². The van der Waals surface area contributed by atoms with Crippen LogP contribution in [0.4, 0.5) is 13.2 Å². The van der Waals surface area contributed by atoms with E-state index < -0.39 is 17.5 Å². The lowest BCUT2D eigenvalue weighted by molar-refractivity contribution is 0.206. The van der Waals surface area contributed by atoms with Gasteiger partial charge < -0.3 is 5.32 Å². The van der Waals surface area contributed by atoms with Gasteiger partial charge in [0, 0.05) is 23.7 Å². The molecule has 0 radical (unpaired) electrons. The Morgan fingerprint density at radius 2 is 1.75 bits per heavy atom. The molecule has 0 amide bonds. The second-order valence-electron chi connectivity index (χ2n) is 4.63. The van der Waals surface area contributed by atoms with E-state index in [0.717, 1.165) is 25.3 Å². The Morgan fingerprint density at radius 1 is 1.12 bits per heavy atom. The van der Waals surface area contributed by atoms with E-state index in [2.05, 4.69) is 5.32 Å². The first-order chi connectivity index (χ1) is 7.50. The summed E-state index contributed by atoms with van der Waals surface area (Å²) in [6.07, 6.45) is 3.24. The van der Waals surface area contributed by atoms with E-state index in [9.17, 15) is 13.2 Å². The highest BCUT2D eigenvalue weighted by Gasteiger charge is 2.31. The molecule has 1 N–H and O–H groups in total. The second kappa shape index (κ2) is 4.09. The van der Waals surface area contributed by atoms with E-state index in [4.69, 9.17) is 0 Å². The van der Waals surface area contributed by atoms with Gasteiger partial charge in [0.1, 0.15) is 5.82 Å². The van der Waals surface area contributed by atoms with Crippen LogP contribution in [-0.4, -0.2) is 5.54 Å². The molecule has 0 saturated heterocycles. The third-order valence-corrected chi connectivity index (χ3v) is 3.25. The van der Waals surface area contributed by atoms with Crippen LogP contribution in [0, 0.1) is 17.5 Å². The molecule has 1 aliphatic rings. The highest BCUT2D eigenvalue weighted by Crippen LogP contribution is 2.31. The molecule has 0 aromatic heterocycles. The van der Waals surface area contributed by atoms with Crippen LogP contribution in [0.3, 0.4) is 0 Å². The Kier molecular flexibility index (Phi) is 2.93. The average molecular weight is 229 g/mol. The predicted octanol–water partition coefficient (Wildman–Crippen LogP) is 3.14. The highest BCUT2D eigenvalue weighted by molar-refractivity contribution is 5.20. The zero-order valence-electron chi connectivity index (χ0n) is 9.12. The van der Waals surface area contributed by atoms with Crippen molar-refractivity contribution in [1.82, 2.24) is 5.32 Å². The molecular formula is C12H14F3N. The Morgan fingerprint density at radius 3 is 2.31 bits per heavy atom. The molecule has 1 fully saturated rings. The lowest BCUT2D eigenvalue weighted by atomic mass is 9.78. The Hall–Kier alpha value is -1.03. The van der Waals surface area contributed by atoms with Gasteiger partial charge in [-0.05, 0) is 32.3 Å². The summed E-state index contributed by atoms with van der Waals surface area (Å²) in [5.74, 6) is -2.85. The van der Waals surface area contributed by atoms with E-state index in [1.54, 1.807) is 0 Å². The quantitative estimate of drug-likeness (QED) is 0.785. The SMILES string of the molecule is CC1(NCc2cc(F)c(F)cc2F)CCC1. The molecule has 1 aromatic rings. The van der Waals surface area contributed by atoms with Gasteiger partial charge in [-0.2, -0.15) is 0 Å². The van der Waals surface area contributed by atoms with Crippen molar-refractivity contribution in [2.75, 3.05) is 0 Å². The monoisotopic (exact) mass is 229 g/mol. The molecule has 1 saturated carbocycles. The molecule has 2 rings (SSSR count). The highest BCUT2D eigenvalue weighted by atomic mass is 19.2. The van der Waals surface area contributed by atoms with Gasteiger partial charge in [0.05, 0.1) is 0 Å². The zero-order valence-corrected chi connectivity index (χ0v) is 9.12. The fraction of sp³-hybridized carbons (Fsp3) is 0.500. The van der Waals surface area contributed by atoms with Gasteiger partial charge in [-0.1, -0.05) is 0 Å². The summed E-state index contributed by atoms with van der Waals surface area (Å²) in [5, 5.41) is 3.17. The van der Waals surface area contributed by atoms with Crippen LogP contribution in [0.1, 0.15) is 31.7 Å². The first-order valence-corrected chi connectivity index (χ1v) is 5.39. The summed E-state index contributed by atoms with van der Waals surface area (Å²) < 4.78 is 38.9. The first kappa shape index (κ1) is 11.5. The van der Waals surface area contributed by atoms with Crippen LogP contribution in [-0.2, 0) is 6.54 Å². The maximum Gasteiger partial charge on any atom is 0.161 e. The summed E-state index contributed by atoms with van der Waals surface area (Å²) >= 11 is 0. The third-order valence-electron chi connectivity index (χ3n) is 3.25. The fourth-order valence-electron chi connectivity index (χ4n) is 1.89. The number of rotatable bonds is 3. The van der Waals surface area contributed by atoms with Gasteiger partial charge in [-0.3, -0.25) is 0 Å². The minimum Gasteiger partial charge on any atom is -0.307 e. The number of halogens is 3. The van der Waals surface area contributed by atoms with Gasteiger partial charge in [0.25, 0.3) is 0 Å². The molecule has 0 spiro atoms. The first-order valence-electron chi connectivity index (χ1n) is 5.39. The third kappa shape index (κ3) is 2.21. The lowest BCUT2D eigenvalue weighted by Gasteiger charge is -2.39. The minimum atomic E-state index is -1.14. The number of benzene rings is 1. The average Bonchev–Trinajstić information content (AvgIpc) is 2.19. The summed E-state index contributed by atoms with van der Waals surface area (Å²) in [6.45, 7) is 2.29. The topological polar surface area (TPSA) is 12.0 Å². The Balaban J connectivity index is 2.06. The lowest BCUT2D eigenvalue weighted by Crippen LogP contribution is -2.47. The molecule has 0 atom stereocenters. The predicted molar refractivity (Wildman–Crippen MR) is 55.4 cm³/mol. The van der Waals surface area contributed by atoms with Gasteiger partial charge in [-0.25, -0.2) is 13.2 Å². The standard InChI is InChI=1S/C12H14F3N/c1-12(3-2-4-12)16-7-8-5-10(14)11(15)6-9(8)13/h5-6,16H,2-4,7H2,1H3. The molecule has 1 aromatic carbocycles. The van der Waals surface area contributed by atoms with Crippen molar-refractivity contribution in [2.24, 2.45) is 0 Å². The fourth-order valence-corrected chi connectivity index (χ4v) is 1.89. The molecule has 0 aliphatic heterocycles. The molecule has 16 heavy (non-hydrogen) atoms. The van der Waals surface area contributed by atoms with Crippen molar-refractivity contribution in [3.8, 4) is 0 Å².